The van der Waals surface area contributed by atoms with Crippen LogP contribution in [0.2, 0.25) is 0 Å². The van der Waals surface area contributed by atoms with Crippen molar-refractivity contribution in [1.82, 2.24) is 20.0 Å². The van der Waals surface area contributed by atoms with E-state index < -0.39 is 17.0 Å². The summed E-state index contributed by atoms with van der Waals surface area (Å²) in [6.07, 6.45) is -0.905. The summed E-state index contributed by atoms with van der Waals surface area (Å²) in [5.41, 5.74) is 0.150. The number of hydrogen-bond donors (Lipinski definition) is 0. The van der Waals surface area contributed by atoms with E-state index in [1.165, 1.54) is 28.9 Å². The number of fused-ring (bicyclic) bond motifs is 1. The summed E-state index contributed by atoms with van der Waals surface area (Å²) < 4.78 is 12.4. The zero-order valence-corrected chi connectivity index (χ0v) is 18.7. The molecule has 0 bridgehead atoms. The molecule has 0 amide bonds. The summed E-state index contributed by atoms with van der Waals surface area (Å²) in [5, 5.41) is 23.7. The second-order valence-electron chi connectivity index (χ2n) is 8.07. The number of benzene rings is 2. The highest BCUT2D eigenvalue weighted by atomic mass is 16.6. The zero-order chi connectivity index (χ0) is 24.4. The molecular weight excluding hydrogens is 442 g/mol. The third-order valence-electron chi connectivity index (χ3n) is 5.00. The number of nitro benzene ring substituents is 1. The third-order valence-corrected chi connectivity index (χ3v) is 5.00. The molecule has 4 aromatic rings. The fourth-order valence-electron chi connectivity index (χ4n) is 3.36. The van der Waals surface area contributed by atoms with Crippen LogP contribution in [0.5, 0.6) is 0 Å². The average Bonchev–Trinajstić information content (AvgIpc) is 3.31. The van der Waals surface area contributed by atoms with Gasteiger partial charge in [0, 0.05) is 29.6 Å². The number of ether oxygens (including phenoxy) is 1. The Kier molecular flexibility index (Phi) is 6.17. The largest absolute Gasteiger partial charge is 0.448 e. The van der Waals surface area contributed by atoms with Gasteiger partial charge in [-0.25, -0.2) is 9.48 Å². The van der Waals surface area contributed by atoms with E-state index in [-0.39, 0.29) is 34.6 Å². The van der Waals surface area contributed by atoms with Crippen LogP contribution in [-0.2, 0) is 11.3 Å². The summed E-state index contributed by atoms with van der Waals surface area (Å²) in [7, 11) is 0. The molecule has 0 fully saturated rings. The van der Waals surface area contributed by atoms with Gasteiger partial charge in [0.15, 0.2) is 11.8 Å². The molecule has 11 heteroatoms. The number of carbonyl (C=O) groups excluding carboxylic acids is 1. The molecule has 0 aliphatic carbocycles. The molecule has 0 saturated carbocycles. The smallest absolute Gasteiger partial charge is 0.360 e. The van der Waals surface area contributed by atoms with Crippen molar-refractivity contribution in [3.05, 3.63) is 80.6 Å². The van der Waals surface area contributed by atoms with Crippen LogP contribution in [-0.4, -0.2) is 30.9 Å². The lowest BCUT2D eigenvalue weighted by molar-refractivity contribution is -0.384. The molecule has 0 spiro atoms. The van der Waals surface area contributed by atoms with Crippen molar-refractivity contribution >= 4 is 22.4 Å². The number of carbonyl (C=O) groups is 1. The maximum atomic E-state index is 13.0. The van der Waals surface area contributed by atoms with E-state index in [1.807, 2.05) is 13.8 Å². The van der Waals surface area contributed by atoms with Crippen molar-refractivity contribution in [2.24, 2.45) is 5.92 Å². The van der Waals surface area contributed by atoms with Crippen molar-refractivity contribution in [2.75, 3.05) is 0 Å². The minimum absolute atomic E-state index is 0.0119. The average molecular weight is 463 g/mol. The molecular formula is C23H21N5O6. The lowest BCUT2D eigenvalue weighted by Gasteiger charge is -2.13. The van der Waals surface area contributed by atoms with Crippen molar-refractivity contribution in [3.63, 3.8) is 0 Å². The predicted molar refractivity (Wildman–Crippen MR) is 121 cm³/mol. The van der Waals surface area contributed by atoms with E-state index in [0.717, 1.165) is 0 Å². The molecule has 1 unspecified atom stereocenters. The van der Waals surface area contributed by atoms with Crippen LogP contribution in [0.15, 0.2) is 57.7 Å². The second kappa shape index (κ2) is 9.22. The van der Waals surface area contributed by atoms with Crippen molar-refractivity contribution in [1.29, 1.82) is 0 Å². The Morgan fingerprint density at radius 1 is 1.09 bits per heavy atom. The van der Waals surface area contributed by atoms with E-state index in [9.17, 15) is 19.7 Å². The molecule has 1 atom stereocenters. The van der Waals surface area contributed by atoms with Gasteiger partial charge in [-0.15, -0.1) is 10.2 Å². The van der Waals surface area contributed by atoms with Gasteiger partial charge in [-0.3, -0.25) is 14.9 Å². The SMILES string of the molecule is CC(C)Cn1nc(C(=O)OC(C)c2nnc(-c3ccc([N+](=O)[O-])cc3)o2)c2ccccc2c1=O. The number of nitro groups is 1. The molecule has 0 saturated heterocycles. The number of non-ortho nitro benzene ring substituents is 1. The van der Waals surface area contributed by atoms with Gasteiger partial charge in [0.1, 0.15) is 0 Å². The summed E-state index contributed by atoms with van der Waals surface area (Å²) >= 11 is 0. The van der Waals surface area contributed by atoms with Crippen LogP contribution in [0, 0.1) is 16.0 Å². The zero-order valence-electron chi connectivity index (χ0n) is 18.7. The van der Waals surface area contributed by atoms with Crippen molar-refractivity contribution in [2.45, 2.75) is 33.4 Å². The molecule has 2 heterocycles. The van der Waals surface area contributed by atoms with Crippen LogP contribution in [0.3, 0.4) is 0 Å². The van der Waals surface area contributed by atoms with Gasteiger partial charge in [0.25, 0.3) is 17.1 Å². The Labute approximate surface area is 193 Å². The van der Waals surface area contributed by atoms with Gasteiger partial charge in [0.2, 0.25) is 5.89 Å². The summed E-state index contributed by atoms with van der Waals surface area (Å²) in [5.74, 6) is -0.426. The molecule has 0 aliphatic rings. The lowest BCUT2D eigenvalue weighted by atomic mass is 10.1. The summed E-state index contributed by atoms with van der Waals surface area (Å²) in [4.78, 5) is 36.1. The van der Waals surface area contributed by atoms with Crippen LogP contribution >= 0.6 is 0 Å². The second-order valence-corrected chi connectivity index (χ2v) is 8.07. The molecule has 174 valence electrons. The number of rotatable bonds is 7. The quantitative estimate of drug-likeness (QED) is 0.226. The summed E-state index contributed by atoms with van der Waals surface area (Å²) in [6.45, 7) is 5.81. The highest BCUT2D eigenvalue weighted by Crippen LogP contribution is 2.25. The van der Waals surface area contributed by atoms with Gasteiger partial charge in [-0.1, -0.05) is 32.0 Å². The van der Waals surface area contributed by atoms with Crippen molar-refractivity contribution in [3.8, 4) is 11.5 Å². The Hall–Kier alpha value is -4.41. The normalized spacial score (nSPS) is 12.1. The first kappa shape index (κ1) is 22.8. The molecule has 34 heavy (non-hydrogen) atoms. The lowest BCUT2D eigenvalue weighted by Crippen LogP contribution is -2.28. The molecule has 2 aromatic carbocycles. The molecule has 0 radical (unpaired) electrons. The van der Waals surface area contributed by atoms with E-state index in [1.54, 1.807) is 31.2 Å². The van der Waals surface area contributed by atoms with E-state index in [4.69, 9.17) is 9.15 Å². The molecule has 0 N–H and O–H groups in total. The van der Waals surface area contributed by atoms with Crippen LogP contribution in [0.1, 0.15) is 43.3 Å². The number of esters is 1. The highest BCUT2D eigenvalue weighted by molar-refractivity contribution is 6.02. The van der Waals surface area contributed by atoms with Gasteiger partial charge in [-0.2, -0.15) is 5.10 Å². The van der Waals surface area contributed by atoms with Crippen LogP contribution in [0.4, 0.5) is 5.69 Å². The van der Waals surface area contributed by atoms with Gasteiger partial charge >= 0.3 is 5.97 Å². The Morgan fingerprint density at radius 3 is 2.41 bits per heavy atom. The van der Waals surface area contributed by atoms with Crippen molar-refractivity contribution < 1.29 is 18.9 Å². The molecule has 2 aromatic heterocycles. The third kappa shape index (κ3) is 4.53. The van der Waals surface area contributed by atoms with Gasteiger partial charge < -0.3 is 9.15 Å². The Balaban J connectivity index is 1.59. The number of nitrogens with zero attached hydrogens (tertiary/aromatic N) is 5. The van der Waals surface area contributed by atoms with Gasteiger partial charge in [0.05, 0.1) is 10.3 Å². The fraction of sp³-hybridized carbons (Fsp3) is 0.261. The Morgan fingerprint density at radius 2 is 1.76 bits per heavy atom. The summed E-state index contributed by atoms with van der Waals surface area (Å²) in [6, 6.07) is 12.3. The van der Waals surface area contributed by atoms with E-state index in [0.29, 0.717) is 22.9 Å². The Bertz CT molecular complexity index is 1420. The number of aromatic nitrogens is 4. The molecule has 11 nitrogen and oxygen atoms in total. The predicted octanol–water partition coefficient (Wildman–Crippen LogP) is 3.93. The minimum Gasteiger partial charge on any atom is -0.448 e. The first-order valence-corrected chi connectivity index (χ1v) is 10.5. The molecule has 4 rings (SSSR count). The molecule has 0 aliphatic heterocycles. The minimum atomic E-state index is -0.905. The van der Waals surface area contributed by atoms with Gasteiger partial charge in [-0.05, 0) is 31.0 Å². The maximum absolute atomic E-state index is 13.0. The highest BCUT2D eigenvalue weighted by Gasteiger charge is 2.24. The first-order chi connectivity index (χ1) is 16.2. The topological polar surface area (TPSA) is 143 Å². The van der Waals surface area contributed by atoms with Crippen LogP contribution < -0.4 is 5.56 Å². The maximum Gasteiger partial charge on any atom is 0.360 e. The standard InChI is InChI=1S/C23H21N5O6/c1-13(2)12-27-22(29)18-7-5-4-6-17(18)19(26-27)23(30)33-14(3)20-24-25-21(34-20)15-8-10-16(11-9-15)28(31)32/h4-11,13-14H,12H2,1-3H3. The van der Waals surface area contributed by atoms with Crippen LogP contribution in [0.25, 0.3) is 22.2 Å². The van der Waals surface area contributed by atoms with E-state index >= 15 is 0 Å². The number of hydrogen-bond acceptors (Lipinski definition) is 9. The van der Waals surface area contributed by atoms with E-state index in [2.05, 4.69) is 15.3 Å². The fourth-order valence-corrected chi connectivity index (χ4v) is 3.36. The monoisotopic (exact) mass is 463 g/mol. The first-order valence-electron chi connectivity index (χ1n) is 10.5.